The predicted molar refractivity (Wildman–Crippen MR) is 72.7 cm³/mol. The maximum Gasteiger partial charge on any atom is 0.253 e. The first-order valence-corrected chi connectivity index (χ1v) is 5.96. The highest BCUT2D eigenvalue weighted by molar-refractivity contribution is 6.05. The van der Waals surface area contributed by atoms with Gasteiger partial charge in [0.05, 0.1) is 11.1 Å². The molecule has 6 heteroatoms. The zero-order valence-electron chi connectivity index (χ0n) is 10.3. The number of hydrogen-bond acceptors (Lipinski definition) is 3. The van der Waals surface area contributed by atoms with Crippen molar-refractivity contribution in [1.82, 2.24) is 10.3 Å². The molecule has 0 bridgehead atoms. The number of carbonyl (C=O) groups excluding carboxylic acids is 1. The van der Waals surface area contributed by atoms with Crippen LogP contribution in [0.3, 0.4) is 0 Å². The molecule has 0 radical (unpaired) electrons. The van der Waals surface area contributed by atoms with Gasteiger partial charge in [0.25, 0.3) is 5.91 Å². The van der Waals surface area contributed by atoms with Gasteiger partial charge in [-0.3, -0.25) is 9.78 Å². The molecule has 0 aliphatic rings. The molecule has 0 saturated heterocycles. The largest absolute Gasteiger partial charge is 0.352 e. The molecule has 96 valence electrons. The van der Waals surface area contributed by atoms with Gasteiger partial charge in [-0.15, -0.1) is 0 Å². The summed E-state index contributed by atoms with van der Waals surface area (Å²) in [7, 11) is 0. The summed E-state index contributed by atoms with van der Waals surface area (Å²) in [6.07, 6.45) is 2.29. The molecular formula is C13H13N5O. The highest BCUT2D eigenvalue weighted by Gasteiger charge is 2.09. The Labute approximate surface area is 110 Å². The Kier molecular flexibility index (Phi) is 4.31. The van der Waals surface area contributed by atoms with Gasteiger partial charge in [-0.1, -0.05) is 23.3 Å². The molecule has 0 aliphatic heterocycles. The maximum absolute atomic E-state index is 12.0. The zero-order chi connectivity index (χ0) is 13.5. The summed E-state index contributed by atoms with van der Waals surface area (Å²) in [5.74, 6) is -0.162. The third-order valence-electron chi connectivity index (χ3n) is 2.66. The number of carbonyl (C=O) groups is 1. The number of azide groups is 1. The smallest absolute Gasteiger partial charge is 0.253 e. The monoisotopic (exact) mass is 255 g/mol. The van der Waals surface area contributed by atoms with Crippen LogP contribution in [0.1, 0.15) is 16.8 Å². The average Bonchev–Trinajstić information content (AvgIpc) is 2.46. The summed E-state index contributed by atoms with van der Waals surface area (Å²) in [6, 6.07) is 9.25. The molecule has 0 atom stereocenters. The van der Waals surface area contributed by atoms with Crippen molar-refractivity contribution in [2.24, 2.45) is 5.11 Å². The van der Waals surface area contributed by atoms with Crippen LogP contribution in [0.5, 0.6) is 0 Å². The lowest BCUT2D eigenvalue weighted by Gasteiger charge is -2.06. The molecule has 1 aromatic carbocycles. The topological polar surface area (TPSA) is 90.8 Å². The van der Waals surface area contributed by atoms with Gasteiger partial charge in [0, 0.05) is 29.6 Å². The van der Waals surface area contributed by atoms with E-state index in [0.29, 0.717) is 30.6 Å². The zero-order valence-corrected chi connectivity index (χ0v) is 10.3. The Balaban J connectivity index is 2.07. The lowest BCUT2D eigenvalue weighted by Crippen LogP contribution is -2.25. The number of amides is 1. The highest BCUT2D eigenvalue weighted by Crippen LogP contribution is 2.15. The van der Waals surface area contributed by atoms with E-state index in [1.807, 2.05) is 24.3 Å². The Bertz CT molecular complexity index is 628. The Hall–Kier alpha value is -2.59. The molecule has 0 spiro atoms. The molecule has 0 fully saturated rings. The van der Waals surface area contributed by atoms with Gasteiger partial charge in [0.15, 0.2) is 0 Å². The standard InChI is InChI=1S/C13H13N5O/c14-18-17-9-3-8-16-13(19)11-6-1-4-10-5-2-7-15-12(10)11/h1-2,4-7H,3,8-9H2,(H,16,19). The van der Waals surface area contributed by atoms with Gasteiger partial charge in [-0.2, -0.15) is 0 Å². The first-order chi connectivity index (χ1) is 9.33. The Morgan fingerprint density at radius 2 is 2.21 bits per heavy atom. The molecule has 1 heterocycles. The number of nitrogens with zero attached hydrogens (tertiary/aromatic N) is 4. The Morgan fingerprint density at radius 3 is 3.05 bits per heavy atom. The summed E-state index contributed by atoms with van der Waals surface area (Å²) in [5.41, 5.74) is 9.38. The third kappa shape index (κ3) is 3.20. The number of hydrogen-bond donors (Lipinski definition) is 1. The molecule has 2 aromatic rings. The number of aromatic nitrogens is 1. The molecule has 19 heavy (non-hydrogen) atoms. The first kappa shape index (κ1) is 12.9. The highest BCUT2D eigenvalue weighted by atomic mass is 16.1. The summed E-state index contributed by atoms with van der Waals surface area (Å²) >= 11 is 0. The van der Waals surface area contributed by atoms with Crippen molar-refractivity contribution >= 4 is 16.8 Å². The normalized spacial score (nSPS) is 9.89. The molecular weight excluding hydrogens is 242 g/mol. The SMILES string of the molecule is [N-]=[N+]=NCCCNC(=O)c1cccc2cccnc12. The summed E-state index contributed by atoms with van der Waals surface area (Å²) < 4.78 is 0. The van der Waals surface area contributed by atoms with E-state index in [1.54, 1.807) is 12.3 Å². The minimum absolute atomic E-state index is 0.162. The second-order valence-electron chi connectivity index (χ2n) is 3.94. The molecule has 0 unspecified atom stereocenters. The summed E-state index contributed by atoms with van der Waals surface area (Å²) in [4.78, 5) is 18.9. The fourth-order valence-corrected chi connectivity index (χ4v) is 1.78. The summed E-state index contributed by atoms with van der Waals surface area (Å²) in [6.45, 7) is 0.853. The van der Waals surface area contributed by atoms with Crippen LogP contribution in [0.15, 0.2) is 41.6 Å². The van der Waals surface area contributed by atoms with Crippen molar-refractivity contribution < 1.29 is 4.79 Å². The van der Waals surface area contributed by atoms with E-state index in [2.05, 4.69) is 20.3 Å². The van der Waals surface area contributed by atoms with Crippen LogP contribution < -0.4 is 5.32 Å². The second-order valence-corrected chi connectivity index (χ2v) is 3.94. The van der Waals surface area contributed by atoms with E-state index in [1.165, 1.54) is 0 Å². The predicted octanol–water partition coefficient (Wildman–Crippen LogP) is 2.67. The van der Waals surface area contributed by atoms with Gasteiger partial charge in [0.2, 0.25) is 0 Å². The van der Waals surface area contributed by atoms with Gasteiger partial charge < -0.3 is 5.32 Å². The lowest BCUT2D eigenvalue weighted by atomic mass is 10.1. The van der Waals surface area contributed by atoms with Crippen molar-refractivity contribution in [3.05, 3.63) is 52.5 Å². The number of benzene rings is 1. The van der Waals surface area contributed by atoms with Crippen LogP contribution in [0.4, 0.5) is 0 Å². The van der Waals surface area contributed by atoms with Crippen LogP contribution in [-0.4, -0.2) is 24.0 Å². The average molecular weight is 255 g/mol. The van der Waals surface area contributed by atoms with Crippen LogP contribution in [0.25, 0.3) is 21.3 Å². The molecule has 0 saturated carbocycles. The third-order valence-corrected chi connectivity index (χ3v) is 2.66. The van der Waals surface area contributed by atoms with Crippen molar-refractivity contribution in [2.45, 2.75) is 6.42 Å². The van der Waals surface area contributed by atoms with Gasteiger partial charge in [-0.25, -0.2) is 0 Å². The molecule has 6 nitrogen and oxygen atoms in total. The molecule has 1 amide bonds. The number of para-hydroxylation sites is 1. The van der Waals surface area contributed by atoms with E-state index in [-0.39, 0.29) is 5.91 Å². The van der Waals surface area contributed by atoms with E-state index < -0.39 is 0 Å². The van der Waals surface area contributed by atoms with Crippen LogP contribution in [0.2, 0.25) is 0 Å². The van der Waals surface area contributed by atoms with E-state index in [0.717, 1.165) is 5.39 Å². The fraction of sp³-hybridized carbons (Fsp3) is 0.231. The van der Waals surface area contributed by atoms with Gasteiger partial charge in [0.1, 0.15) is 0 Å². The maximum atomic E-state index is 12.0. The minimum atomic E-state index is -0.162. The van der Waals surface area contributed by atoms with E-state index in [4.69, 9.17) is 5.53 Å². The first-order valence-electron chi connectivity index (χ1n) is 5.96. The number of pyridine rings is 1. The van der Waals surface area contributed by atoms with Crippen molar-refractivity contribution in [1.29, 1.82) is 0 Å². The Morgan fingerprint density at radius 1 is 1.37 bits per heavy atom. The van der Waals surface area contributed by atoms with E-state index in [9.17, 15) is 4.79 Å². The number of nitrogens with one attached hydrogen (secondary N) is 1. The van der Waals surface area contributed by atoms with Crippen molar-refractivity contribution in [3.8, 4) is 0 Å². The summed E-state index contributed by atoms with van der Waals surface area (Å²) in [5, 5.41) is 7.13. The number of fused-ring (bicyclic) bond motifs is 1. The quantitative estimate of drug-likeness (QED) is 0.385. The lowest BCUT2D eigenvalue weighted by molar-refractivity contribution is 0.0955. The van der Waals surface area contributed by atoms with Crippen molar-refractivity contribution in [2.75, 3.05) is 13.1 Å². The van der Waals surface area contributed by atoms with Gasteiger partial charge >= 0.3 is 0 Å². The van der Waals surface area contributed by atoms with Crippen LogP contribution >= 0.6 is 0 Å². The fourth-order valence-electron chi connectivity index (χ4n) is 1.78. The van der Waals surface area contributed by atoms with Crippen LogP contribution in [0, 0.1) is 0 Å². The molecule has 1 aromatic heterocycles. The molecule has 1 N–H and O–H groups in total. The second kappa shape index (κ2) is 6.37. The minimum Gasteiger partial charge on any atom is -0.352 e. The van der Waals surface area contributed by atoms with Crippen LogP contribution in [-0.2, 0) is 0 Å². The van der Waals surface area contributed by atoms with E-state index >= 15 is 0 Å². The van der Waals surface area contributed by atoms with Gasteiger partial charge in [-0.05, 0) is 24.1 Å². The number of rotatable bonds is 5. The van der Waals surface area contributed by atoms with Crippen molar-refractivity contribution in [3.63, 3.8) is 0 Å². The molecule has 2 rings (SSSR count). The molecule has 0 aliphatic carbocycles.